The molecule has 0 aromatic carbocycles. The molecular formula is C13H23N3O. The fraction of sp³-hybridized carbons (Fsp3) is 0.615. The Kier molecular flexibility index (Phi) is 5.38. The van der Waals surface area contributed by atoms with Gasteiger partial charge in [0, 0.05) is 19.1 Å². The van der Waals surface area contributed by atoms with Crippen LogP contribution >= 0.6 is 0 Å². The number of hydrogen-bond acceptors (Lipinski definition) is 4. The van der Waals surface area contributed by atoms with Crippen LogP contribution in [-0.2, 0) is 6.54 Å². The molecule has 0 radical (unpaired) electrons. The van der Waals surface area contributed by atoms with Crippen molar-refractivity contribution in [2.45, 2.75) is 26.4 Å². The van der Waals surface area contributed by atoms with Crippen molar-refractivity contribution >= 4 is 0 Å². The van der Waals surface area contributed by atoms with Crippen molar-refractivity contribution < 1.29 is 5.11 Å². The minimum atomic E-state index is 0.211. The average Bonchev–Trinajstić information content (AvgIpc) is 2.25. The predicted molar refractivity (Wildman–Crippen MR) is 69.9 cm³/mol. The first-order valence-electron chi connectivity index (χ1n) is 6.01. The molecule has 4 heteroatoms. The molecule has 1 rings (SSSR count). The fourth-order valence-electron chi connectivity index (χ4n) is 1.66. The Morgan fingerprint density at radius 2 is 2.06 bits per heavy atom. The van der Waals surface area contributed by atoms with Crippen LogP contribution in [0.25, 0.3) is 0 Å². The molecule has 0 saturated carbocycles. The van der Waals surface area contributed by atoms with Crippen LogP contribution in [0.1, 0.15) is 19.5 Å². The molecule has 17 heavy (non-hydrogen) atoms. The van der Waals surface area contributed by atoms with Gasteiger partial charge in [0.1, 0.15) is 5.75 Å². The lowest BCUT2D eigenvalue weighted by Gasteiger charge is -2.25. The summed E-state index contributed by atoms with van der Waals surface area (Å²) in [4.78, 5) is 6.35. The standard InChI is InChI=1S/C13H23N3O/c1-10(2)13(9-16(3)4)15-7-11-5-6-12(17)8-14-11/h5-6,8,10,13,15,17H,7,9H2,1-4H3. The van der Waals surface area contributed by atoms with Gasteiger partial charge in [-0.15, -0.1) is 0 Å². The average molecular weight is 237 g/mol. The molecule has 1 heterocycles. The fourth-order valence-corrected chi connectivity index (χ4v) is 1.66. The van der Waals surface area contributed by atoms with Crippen molar-refractivity contribution in [2.24, 2.45) is 5.92 Å². The molecule has 2 N–H and O–H groups in total. The predicted octanol–water partition coefficient (Wildman–Crippen LogP) is 1.46. The number of nitrogens with one attached hydrogen (secondary N) is 1. The highest BCUT2D eigenvalue weighted by molar-refractivity contribution is 5.17. The van der Waals surface area contributed by atoms with Crippen LogP contribution in [0.5, 0.6) is 5.75 Å². The Morgan fingerprint density at radius 1 is 1.35 bits per heavy atom. The monoisotopic (exact) mass is 237 g/mol. The highest BCUT2D eigenvalue weighted by atomic mass is 16.3. The van der Waals surface area contributed by atoms with Gasteiger partial charge in [0.2, 0.25) is 0 Å². The molecule has 1 aromatic heterocycles. The van der Waals surface area contributed by atoms with Crippen molar-refractivity contribution in [3.63, 3.8) is 0 Å². The van der Waals surface area contributed by atoms with Crippen molar-refractivity contribution in [1.82, 2.24) is 15.2 Å². The van der Waals surface area contributed by atoms with Crippen molar-refractivity contribution in [1.29, 1.82) is 0 Å². The van der Waals surface area contributed by atoms with E-state index in [4.69, 9.17) is 5.11 Å². The number of aromatic hydroxyl groups is 1. The van der Waals surface area contributed by atoms with Crippen LogP contribution in [0.4, 0.5) is 0 Å². The first-order chi connectivity index (χ1) is 7.99. The molecule has 0 amide bonds. The smallest absolute Gasteiger partial charge is 0.133 e. The third-order valence-electron chi connectivity index (χ3n) is 2.72. The zero-order valence-electron chi connectivity index (χ0n) is 11.1. The van der Waals surface area contributed by atoms with E-state index in [-0.39, 0.29) is 5.75 Å². The second-order valence-corrected chi connectivity index (χ2v) is 5.00. The lowest BCUT2D eigenvalue weighted by molar-refractivity contribution is 0.287. The number of aromatic nitrogens is 1. The summed E-state index contributed by atoms with van der Waals surface area (Å²) in [6, 6.07) is 3.95. The summed E-state index contributed by atoms with van der Waals surface area (Å²) >= 11 is 0. The van der Waals surface area contributed by atoms with Crippen LogP contribution in [-0.4, -0.2) is 41.7 Å². The van der Waals surface area contributed by atoms with E-state index in [0.717, 1.165) is 18.8 Å². The van der Waals surface area contributed by atoms with Gasteiger partial charge in [-0.3, -0.25) is 4.98 Å². The molecule has 1 atom stereocenters. The molecule has 96 valence electrons. The molecule has 1 aromatic rings. The van der Waals surface area contributed by atoms with Gasteiger partial charge in [-0.05, 0) is 32.1 Å². The van der Waals surface area contributed by atoms with Crippen LogP contribution in [0.15, 0.2) is 18.3 Å². The molecule has 0 fully saturated rings. The van der Waals surface area contributed by atoms with E-state index in [1.807, 2.05) is 6.07 Å². The topological polar surface area (TPSA) is 48.4 Å². The summed E-state index contributed by atoms with van der Waals surface area (Å²) in [6.07, 6.45) is 1.48. The Labute approximate surface area is 104 Å². The number of rotatable bonds is 6. The van der Waals surface area contributed by atoms with Crippen LogP contribution in [0.2, 0.25) is 0 Å². The van der Waals surface area contributed by atoms with Crippen LogP contribution in [0, 0.1) is 5.92 Å². The Balaban J connectivity index is 2.48. The number of likely N-dealkylation sites (N-methyl/N-ethyl adjacent to an activating group) is 1. The minimum Gasteiger partial charge on any atom is -0.506 e. The quantitative estimate of drug-likeness (QED) is 0.786. The van der Waals surface area contributed by atoms with Gasteiger partial charge in [-0.1, -0.05) is 13.8 Å². The van der Waals surface area contributed by atoms with Crippen molar-refractivity contribution in [3.05, 3.63) is 24.0 Å². The van der Waals surface area contributed by atoms with E-state index in [2.05, 4.69) is 43.1 Å². The van der Waals surface area contributed by atoms with Crippen molar-refractivity contribution in [2.75, 3.05) is 20.6 Å². The SMILES string of the molecule is CC(C)C(CN(C)C)NCc1ccc(O)cn1. The number of pyridine rings is 1. The molecule has 0 aliphatic rings. The molecular weight excluding hydrogens is 214 g/mol. The molecule has 0 saturated heterocycles. The van der Waals surface area contributed by atoms with E-state index < -0.39 is 0 Å². The number of nitrogens with zero attached hydrogens (tertiary/aromatic N) is 2. The summed E-state index contributed by atoms with van der Waals surface area (Å²) < 4.78 is 0. The normalized spacial score (nSPS) is 13.3. The van der Waals surface area contributed by atoms with Gasteiger partial charge in [-0.2, -0.15) is 0 Å². The molecule has 0 spiro atoms. The Bertz CT molecular complexity index is 322. The molecule has 1 unspecified atom stereocenters. The third-order valence-corrected chi connectivity index (χ3v) is 2.72. The maximum absolute atomic E-state index is 9.15. The molecule has 0 aliphatic carbocycles. The van der Waals surface area contributed by atoms with Gasteiger partial charge in [-0.25, -0.2) is 0 Å². The summed E-state index contributed by atoms with van der Waals surface area (Å²) in [5.41, 5.74) is 0.951. The number of hydrogen-bond donors (Lipinski definition) is 2. The lowest BCUT2D eigenvalue weighted by Crippen LogP contribution is -2.41. The van der Waals surface area contributed by atoms with Gasteiger partial charge >= 0.3 is 0 Å². The second-order valence-electron chi connectivity index (χ2n) is 5.00. The summed E-state index contributed by atoms with van der Waals surface area (Å²) in [5.74, 6) is 0.789. The van der Waals surface area contributed by atoms with Gasteiger partial charge in [0.25, 0.3) is 0 Å². The van der Waals surface area contributed by atoms with E-state index in [1.54, 1.807) is 6.07 Å². The zero-order valence-corrected chi connectivity index (χ0v) is 11.1. The van der Waals surface area contributed by atoms with Gasteiger partial charge in [0.05, 0.1) is 11.9 Å². The highest BCUT2D eigenvalue weighted by Gasteiger charge is 2.13. The van der Waals surface area contributed by atoms with E-state index in [1.165, 1.54) is 6.20 Å². The molecule has 4 nitrogen and oxygen atoms in total. The summed E-state index contributed by atoms with van der Waals surface area (Å²) in [5, 5.41) is 12.7. The lowest BCUT2D eigenvalue weighted by atomic mass is 10.0. The van der Waals surface area contributed by atoms with Crippen LogP contribution < -0.4 is 5.32 Å². The summed E-state index contributed by atoms with van der Waals surface area (Å²) in [6.45, 7) is 6.17. The van der Waals surface area contributed by atoms with E-state index >= 15 is 0 Å². The molecule has 0 aliphatic heterocycles. The van der Waals surface area contributed by atoms with Crippen molar-refractivity contribution in [3.8, 4) is 5.75 Å². The Morgan fingerprint density at radius 3 is 2.53 bits per heavy atom. The van der Waals surface area contributed by atoms with E-state index in [9.17, 15) is 0 Å². The van der Waals surface area contributed by atoms with Crippen LogP contribution in [0.3, 0.4) is 0 Å². The maximum Gasteiger partial charge on any atom is 0.133 e. The summed E-state index contributed by atoms with van der Waals surface area (Å²) in [7, 11) is 4.16. The zero-order chi connectivity index (χ0) is 12.8. The molecule has 0 bridgehead atoms. The van der Waals surface area contributed by atoms with Gasteiger partial charge in [0.15, 0.2) is 0 Å². The van der Waals surface area contributed by atoms with Gasteiger partial charge < -0.3 is 15.3 Å². The minimum absolute atomic E-state index is 0.211. The largest absolute Gasteiger partial charge is 0.506 e. The second kappa shape index (κ2) is 6.57. The Hall–Kier alpha value is -1.13. The first kappa shape index (κ1) is 13.9. The maximum atomic E-state index is 9.15. The highest BCUT2D eigenvalue weighted by Crippen LogP contribution is 2.07. The first-order valence-corrected chi connectivity index (χ1v) is 6.01. The van der Waals surface area contributed by atoms with E-state index in [0.29, 0.717) is 12.0 Å². The third kappa shape index (κ3) is 5.15.